The second kappa shape index (κ2) is 14.8. The first-order chi connectivity index (χ1) is 19.6. The molecule has 0 bridgehead atoms. The first-order valence-electron chi connectivity index (χ1n) is 13.6. The molecule has 2 aromatic rings. The number of likely N-dealkylation sites (N-methyl/N-ethyl adjacent to an activating group) is 1. The normalized spacial score (nSPS) is 16.6. The van der Waals surface area contributed by atoms with Crippen LogP contribution in [0.25, 0.3) is 0 Å². The van der Waals surface area contributed by atoms with E-state index in [1.807, 2.05) is 81.4 Å². The second-order valence-corrected chi connectivity index (χ2v) is 11.1. The largest absolute Gasteiger partial charge is 0.490 e. The van der Waals surface area contributed by atoms with Crippen LogP contribution in [0.1, 0.15) is 57.7 Å². The fourth-order valence-electron chi connectivity index (χ4n) is 4.40. The topological polar surface area (TPSA) is 128 Å². The Hall–Kier alpha value is -3.93. The number of likely N-dealkylation sites (tertiary alicyclic amines) is 1. The summed E-state index contributed by atoms with van der Waals surface area (Å²) in [5.74, 6) is -3.40. The molecular weight excluding hydrogens is 553 g/mol. The zero-order chi connectivity index (χ0) is 31.7. The van der Waals surface area contributed by atoms with Crippen molar-refractivity contribution in [2.75, 3.05) is 13.6 Å². The predicted octanol–water partition coefficient (Wildman–Crippen LogP) is 3.66. The van der Waals surface area contributed by atoms with E-state index in [9.17, 15) is 27.6 Å². The lowest BCUT2D eigenvalue weighted by atomic mass is 9.85. The molecule has 1 unspecified atom stereocenters. The molecule has 1 aliphatic rings. The predicted molar refractivity (Wildman–Crippen MR) is 151 cm³/mol. The van der Waals surface area contributed by atoms with Crippen molar-refractivity contribution in [1.82, 2.24) is 20.9 Å². The SMILES string of the molecule is CNC(C)C(=O)N[C@H](C(=O)N1CCC[C@H]1C(=O)NC(c1ccccc1)c1ccccc1)C(C)(C)C.O=C(O)C(F)(F)F. The molecule has 3 amide bonds. The number of amides is 3. The van der Waals surface area contributed by atoms with E-state index in [1.54, 1.807) is 18.9 Å². The summed E-state index contributed by atoms with van der Waals surface area (Å²) >= 11 is 0. The molecule has 3 rings (SSSR count). The van der Waals surface area contributed by atoms with Crippen LogP contribution in [-0.2, 0) is 19.2 Å². The fraction of sp³-hybridized carbons (Fsp3) is 0.467. The molecule has 4 N–H and O–H groups in total. The third-order valence-corrected chi connectivity index (χ3v) is 6.86. The Balaban J connectivity index is 0.000000782. The lowest BCUT2D eigenvalue weighted by molar-refractivity contribution is -0.192. The highest BCUT2D eigenvalue weighted by atomic mass is 19.4. The summed E-state index contributed by atoms with van der Waals surface area (Å²) in [5.41, 5.74) is 1.44. The number of aliphatic carboxylic acids is 1. The second-order valence-electron chi connectivity index (χ2n) is 11.1. The van der Waals surface area contributed by atoms with Crippen LogP contribution in [0.15, 0.2) is 60.7 Å². The maximum absolute atomic E-state index is 13.7. The molecule has 0 aromatic heterocycles. The number of halogens is 3. The number of nitrogens with one attached hydrogen (secondary N) is 3. The van der Waals surface area contributed by atoms with Crippen molar-refractivity contribution in [3.05, 3.63) is 71.8 Å². The number of rotatable bonds is 8. The Bertz CT molecular complexity index is 1160. The maximum atomic E-state index is 13.7. The van der Waals surface area contributed by atoms with Crippen LogP contribution in [0, 0.1) is 5.41 Å². The Kier molecular flexibility index (Phi) is 12.1. The molecule has 0 saturated carbocycles. The highest BCUT2D eigenvalue weighted by Crippen LogP contribution is 2.28. The number of carboxylic acids is 1. The van der Waals surface area contributed by atoms with Gasteiger partial charge in [-0.1, -0.05) is 81.4 Å². The summed E-state index contributed by atoms with van der Waals surface area (Å²) in [4.78, 5) is 50.4. The van der Waals surface area contributed by atoms with Crippen LogP contribution in [0.5, 0.6) is 0 Å². The molecule has 230 valence electrons. The number of benzene rings is 2. The number of carbonyl (C=O) groups is 4. The number of nitrogens with zero attached hydrogens (tertiary/aromatic N) is 1. The highest BCUT2D eigenvalue weighted by Gasteiger charge is 2.42. The molecule has 1 saturated heterocycles. The van der Waals surface area contributed by atoms with Crippen molar-refractivity contribution in [3.8, 4) is 0 Å². The van der Waals surface area contributed by atoms with Gasteiger partial charge in [-0.25, -0.2) is 4.79 Å². The van der Waals surface area contributed by atoms with E-state index in [0.29, 0.717) is 13.0 Å². The summed E-state index contributed by atoms with van der Waals surface area (Å²) < 4.78 is 31.7. The van der Waals surface area contributed by atoms with Gasteiger partial charge in [0.15, 0.2) is 0 Å². The average molecular weight is 593 g/mol. The standard InChI is InChI=1S/C28H38N4O3.C2HF3O2/c1-19(29-5)25(33)31-24(28(2,3)4)27(35)32-18-12-17-22(32)26(34)30-23(20-13-8-6-9-14-20)21-15-10-7-11-16-21;3-2(4,5)1(6)7/h6-11,13-16,19,22-24,29H,12,17-18H2,1-5H3,(H,30,34)(H,31,33);(H,6,7)/t19?,22-,24+;/m0./s1. The molecule has 12 heteroatoms. The van der Waals surface area contributed by atoms with Gasteiger partial charge in [0, 0.05) is 6.54 Å². The first-order valence-corrected chi connectivity index (χ1v) is 13.6. The minimum atomic E-state index is -5.08. The van der Waals surface area contributed by atoms with Gasteiger partial charge in [-0.05, 0) is 43.4 Å². The van der Waals surface area contributed by atoms with E-state index in [1.165, 1.54) is 0 Å². The highest BCUT2D eigenvalue weighted by molar-refractivity contribution is 5.94. The van der Waals surface area contributed by atoms with Crippen LogP contribution in [-0.4, -0.2) is 71.6 Å². The van der Waals surface area contributed by atoms with Crippen LogP contribution >= 0.6 is 0 Å². The smallest absolute Gasteiger partial charge is 0.475 e. The van der Waals surface area contributed by atoms with Gasteiger partial charge in [-0.2, -0.15) is 13.2 Å². The van der Waals surface area contributed by atoms with E-state index < -0.39 is 35.7 Å². The molecule has 1 aliphatic heterocycles. The molecule has 2 aromatic carbocycles. The maximum Gasteiger partial charge on any atom is 0.490 e. The Morgan fingerprint density at radius 3 is 1.79 bits per heavy atom. The summed E-state index contributed by atoms with van der Waals surface area (Å²) in [7, 11) is 1.70. The van der Waals surface area contributed by atoms with Gasteiger partial charge in [-0.3, -0.25) is 14.4 Å². The lowest BCUT2D eigenvalue weighted by Gasteiger charge is -2.36. The van der Waals surface area contributed by atoms with Crippen LogP contribution in [0.3, 0.4) is 0 Å². The molecule has 42 heavy (non-hydrogen) atoms. The number of hydrogen-bond donors (Lipinski definition) is 4. The number of alkyl halides is 3. The van der Waals surface area contributed by atoms with Gasteiger partial charge in [0.05, 0.1) is 12.1 Å². The van der Waals surface area contributed by atoms with Crippen molar-refractivity contribution in [3.63, 3.8) is 0 Å². The Morgan fingerprint density at radius 2 is 1.38 bits per heavy atom. The molecule has 0 spiro atoms. The summed E-state index contributed by atoms with van der Waals surface area (Å²) in [6.07, 6.45) is -3.76. The number of carboxylic acid groups (broad SMARTS) is 1. The van der Waals surface area contributed by atoms with Crippen molar-refractivity contribution < 1.29 is 37.5 Å². The van der Waals surface area contributed by atoms with E-state index in [-0.39, 0.29) is 23.8 Å². The molecular formula is C30H39F3N4O5. The monoisotopic (exact) mass is 592 g/mol. The quantitative estimate of drug-likeness (QED) is 0.371. The van der Waals surface area contributed by atoms with E-state index in [4.69, 9.17) is 9.90 Å². The van der Waals surface area contributed by atoms with E-state index in [0.717, 1.165) is 17.5 Å². The zero-order valence-electron chi connectivity index (χ0n) is 24.4. The average Bonchev–Trinajstić information content (AvgIpc) is 3.44. The molecule has 1 fully saturated rings. The Labute approximate surface area is 243 Å². The van der Waals surface area contributed by atoms with Crippen molar-refractivity contribution >= 4 is 23.7 Å². The third-order valence-electron chi connectivity index (χ3n) is 6.86. The van der Waals surface area contributed by atoms with Crippen LogP contribution in [0.2, 0.25) is 0 Å². The summed E-state index contributed by atoms with van der Waals surface area (Å²) in [5, 5.41) is 16.1. The van der Waals surface area contributed by atoms with Crippen LogP contribution < -0.4 is 16.0 Å². The van der Waals surface area contributed by atoms with Gasteiger partial charge in [0.2, 0.25) is 17.7 Å². The van der Waals surface area contributed by atoms with Crippen molar-refractivity contribution in [2.24, 2.45) is 5.41 Å². The molecule has 0 radical (unpaired) electrons. The van der Waals surface area contributed by atoms with Gasteiger partial charge < -0.3 is 26.0 Å². The van der Waals surface area contributed by atoms with Gasteiger partial charge >= 0.3 is 12.1 Å². The molecule has 3 atom stereocenters. The van der Waals surface area contributed by atoms with Gasteiger partial charge in [0.1, 0.15) is 12.1 Å². The molecule has 9 nitrogen and oxygen atoms in total. The molecule has 0 aliphatic carbocycles. The van der Waals surface area contributed by atoms with Gasteiger partial charge in [-0.15, -0.1) is 0 Å². The van der Waals surface area contributed by atoms with Crippen LogP contribution in [0.4, 0.5) is 13.2 Å². The van der Waals surface area contributed by atoms with E-state index >= 15 is 0 Å². The van der Waals surface area contributed by atoms with Gasteiger partial charge in [0.25, 0.3) is 0 Å². The van der Waals surface area contributed by atoms with Crippen molar-refractivity contribution in [2.45, 2.75) is 70.9 Å². The minimum Gasteiger partial charge on any atom is -0.475 e. The molecule has 1 heterocycles. The van der Waals surface area contributed by atoms with Crippen molar-refractivity contribution in [1.29, 1.82) is 0 Å². The first kappa shape index (κ1) is 34.3. The summed E-state index contributed by atoms with van der Waals surface area (Å²) in [6, 6.07) is 17.6. The van der Waals surface area contributed by atoms with E-state index in [2.05, 4.69) is 16.0 Å². The zero-order valence-corrected chi connectivity index (χ0v) is 24.4. The number of carbonyl (C=O) groups excluding carboxylic acids is 3. The Morgan fingerprint density at radius 1 is 0.905 bits per heavy atom. The fourth-order valence-corrected chi connectivity index (χ4v) is 4.40. The third kappa shape index (κ3) is 9.57. The minimum absolute atomic E-state index is 0.184. The summed E-state index contributed by atoms with van der Waals surface area (Å²) in [6.45, 7) is 8.00. The number of hydrogen-bond acceptors (Lipinski definition) is 5. The lowest BCUT2D eigenvalue weighted by Crippen LogP contribution is -2.59.